The lowest BCUT2D eigenvalue weighted by molar-refractivity contribution is -0.917. The number of quaternary nitrogens is 1. The maximum Gasteiger partial charge on any atom is 0.173 e. The smallest absolute Gasteiger partial charge is 0.173 e. The summed E-state index contributed by atoms with van der Waals surface area (Å²) in [5.74, 6) is -0.107. The minimum Gasteiger partial charge on any atom is -0.338 e. The van der Waals surface area contributed by atoms with Crippen LogP contribution in [-0.2, 0) is 6.54 Å². The van der Waals surface area contributed by atoms with E-state index in [4.69, 9.17) is 12.2 Å². The fourth-order valence-corrected chi connectivity index (χ4v) is 3.34. The Balaban J connectivity index is 1.51. The van der Waals surface area contributed by atoms with Crippen molar-refractivity contribution in [3.8, 4) is 0 Å². The van der Waals surface area contributed by atoms with Gasteiger partial charge in [0.15, 0.2) is 5.11 Å². The fourth-order valence-electron chi connectivity index (χ4n) is 3.04. The first kappa shape index (κ1) is 16.9. The molecule has 1 aliphatic rings. The molecular formula is C19H23FN3S+. The molecule has 5 heteroatoms. The number of benzene rings is 2. The van der Waals surface area contributed by atoms with Crippen molar-refractivity contribution in [3.05, 3.63) is 65.5 Å². The van der Waals surface area contributed by atoms with Gasteiger partial charge in [0.2, 0.25) is 0 Å². The van der Waals surface area contributed by atoms with Gasteiger partial charge in [0, 0.05) is 11.3 Å². The van der Waals surface area contributed by atoms with Crippen molar-refractivity contribution in [2.24, 2.45) is 0 Å². The van der Waals surface area contributed by atoms with Crippen molar-refractivity contribution in [2.75, 3.05) is 31.5 Å². The van der Waals surface area contributed by atoms with Crippen molar-refractivity contribution in [1.29, 1.82) is 0 Å². The predicted octanol–water partition coefficient (Wildman–Crippen LogP) is 2.23. The van der Waals surface area contributed by atoms with Crippen molar-refractivity contribution in [2.45, 2.75) is 13.5 Å². The van der Waals surface area contributed by atoms with E-state index in [1.54, 1.807) is 6.07 Å². The average molecular weight is 344 g/mol. The molecule has 0 unspecified atom stereocenters. The standard InChI is InChI=1S/C19H22FN3S/c1-15-5-4-7-17(13-15)21-19(24)23-11-9-22(10-12-23)14-16-6-2-3-8-18(16)20/h2-8,13H,9-12,14H2,1H3,(H,21,24)/p+1. The zero-order chi connectivity index (χ0) is 16.9. The Labute approximate surface area is 148 Å². The molecule has 2 aromatic carbocycles. The minimum atomic E-state index is -0.107. The molecule has 1 saturated heterocycles. The number of thiocarbonyl (C=S) groups is 1. The van der Waals surface area contributed by atoms with Gasteiger partial charge in [-0.2, -0.15) is 0 Å². The number of rotatable bonds is 3. The van der Waals surface area contributed by atoms with Crippen LogP contribution in [0.25, 0.3) is 0 Å². The van der Waals surface area contributed by atoms with E-state index in [2.05, 4.69) is 29.3 Å². The summed E-state index contributed by atoms with van der Waals surface area (Å²) in [6.07, 6.45) is 0. The average Bonchev–Trinajstić information content (AvgIpc) is 2.57. The van der Waals surface area contributed by atoms with Crippen LogP contribution in [0.1, 0.15) is 11.1 Å². The van der Waals surface area contributed by atoms with Crippen LogP contribution in [0.5, 0.6) is 0 Å². The Bertz CT molecular complexity index is 711. The molecule has 0 aliphatic carbocycles. The van der Waals surface area contributed by atoms with Gasteiger partial charge in [-0.25, -0.2) is 4.39 Å². The SMILES string of the molecule is Cc1cccc(NC(=S)N2CC[NH+](Cc3ccccc3F)CC2)c1. The molecule has 24 heavy (non-hydrogen) atoms. The fraction of sp³-hybridized carbons (Fsp3) is 0.316. The lowest BCUT2D eigenvalue weighted by atomic mass is 10.2. The van der Waals surface area contributed by atoms with E-state index >= 15 is 0 Å². The molecule has 3 nitrogen and oxygen atoms in total. The van der Waals surface area contributed by atoms with E-state index in [-0.39, 0.29) is 5.82 Å². The molecule has 0 saturated carbocycles. The highest BCUT2D eigenvalue weighted by atomic mass is 32.1. The van der Waals surface area contributed by atoms with Gasteiger partial charge in [-0.05, 0) is 42.9 Å². The molecule has 126 valence electrons. The van der Waals surface area contributed by atoms with E-state index in [1.165, 1.54) is 16.5 Å². The van der Waals surface area contributed by atoms with Gasteiger partial charge in [0.1, 0.15) is 12.4 Å². The number of hydrogen-bond donors (Lipinski definition) is 2. The highest BCUT2D eigenvalue weighted by molar-refractivity contribution is 7.80. The van der Waals surface area contributed by atoms with Gasteiger partial charge in [-0.3, -0.25) is 0 Å². The molecule has 0 spiro atoms. The van der Waals surface area contributed by atoms with Crippen LogP contribution in [0.3, 0.4) is 0 Å². The Hall–Kier alpha value is -1.98. The topological polar surface area (TPSA) is 19.7 Å². The maximum absolute atomic E-state index is 13.8. The Kier molecular flexibility index (Phi) is 5.43. The third kappa shape index (κ3) is 4.30. The number of piperazine rings is 1. The van der Waals surface area contributed by atoms with Crippen molar-refractivity contribution >= 4 is 23.0 Å². The number of anilines is 1. The minimum absolute atomic E-state index is 0.107. The van der Waals surface area contributed by atoms with Crippen LogP contribution < -0.4 is 10.2 Å². The zero-order valence-electron chi connectivity index (χ0n) is 13.9. The van der Waals surface area contributed by atoms with E-state index in [1.807, 2.05) is 24.3 Å². The van der Waals surface area contributed by atoms with E-state index < -0.39 is 0 Å². The molecule has 0 bridgehead atoms. The van der Waals surface area contributed by atoms with Crippen LogP contribution in [0.15, 0.2) is 48.5 Å². The van der Waals surface area contributed by atoms with Crippen LogP contribution in [0.4, 0.5) is 10.1 Å². The number of aryl methyl sites for hydroxylation is 1. The quantitative estimate of drug-likeness (QED) is 0.833. The number of nitrogens with zero attached hydrogens (tertiary/aromatic N) is 1. The summed E-state index contributed by atoms with van der Waals surface area (Å²) in [5, 5.41) is 4.08. The van der Waals surface area contributed by atoms with Gasteiger partial charge in [-0.15, -0.1) is 0 Å². The lowest BCUT2D eigenvalue weighted by Gasteiger charge is -2.34. The van der Waals surface area contributed by atoms with Crippen LogP contribution in [0.2, 0.25) is 0 Å². The molecule has 1 aliphatic heterocycles. The molecular weight excluding hydrogens is 321 g/mol. The third-order valence-electron chi connectivity index (χ3n) is 4.43. The second-order valence-electron chi connectivity index (χ2n) is 6.30. The summed E-state index contributed by atoms with van der Waals surface area (Å²) in [5.41, 5.74) is 3.03. The zero-order valence-corrected chi connectivity index (χ0v) is 14.7. The molecule has 0 aromatic heterocycles. The number of halogens is 1. The van der Waals surface area contributed by atoms with Crippen LogP contribution >= 0.6 is 12.2 Å². The van der Waals surface area contributed by atoms with Gasteiger partial charge >= 0.3 is 0 Å². The molecule has 0 atom stereocenters. The predicted molar refractivity (Wildman–Crippen MR) is 99.8 cm³/mol. The molecule has 2 aromatic rings. The normalized spacial score (nSPS) is 15.3. The monoisotopic (exact) mass is 344 g/mol. The van der Waals surface area contributed by atoms with Gasteiger partial charge in [-0.1, -0.05) is 30.3 Å². The molecule has 0 radical (unpaired) electrons. The van der Waals surface area contributed by atoms with Gasteiger partial charge in [0.25, 0.3) is 0 Å². The summed E-state index contributed by atoms with van der Waals surface area (Å²) in [6.45, 7) is 6.51. The van der Waals surface area contributed by atoms with Crippen LogP contribution in [0, 0.1) is 12.7 Å². The van der Waals surface area contributed by atoms with Crippen molar-refractivity contribution in [1.82, 2.24) is 4.90 Å². The van der Waals surface area contributed by atoms with Gasteiger partial charge in [0.05, 0.1) is 26.2 Å². The summed E-state index contributed by atoms with van der Waals surface area (Å²) in [4.78, 5) is 3.59. The summed E-state index contributed by atoms with van der Waals surface area (Å²) in [7, 11) is 0. The molecule has 3 rings (SSSR count). The second kappa shape index (κ2) is 7.73. The summed E-state index contributed by atoms with van der Waals surface area (Å²) >= 11 is 5.53. The molecule has 0 amide bonds. The Morgan fingerprint density at radius 3 is 2.62 bits per heavy atom. The van der Waals surface area contributed by atoms with Crippen molar-refractivity contribution < 1.29 is 9.29 Å². The highest BCUT2D eigenvalue weighted by Gasteiger charge is 2.22. The first-order chi connectivity index (χ1) is 11.6. The van der Waals surface area contributed by atoms with E-state index in [0.717, 1.165) is 49.1 Å². The molecule has 1 fully saturated rings. The molecule has 1 heterocycles. The van der Waals surface area contributed by atoms with Crippen LogP contribution in [-0.4, -0.2) is 36.2 Å². The third-order valence-corrected chi connectivity index (χ3v) is 4.79. The van der Waals surface area contributed by atoms with E-state index in [0.29, 0.717) is 0 Å². The van der Waals surface area contributed by atoms with Crippen molar-refractivity contribution in [3.63, 3.8) is 0 Å². The number of hydrogen-bond acceptors (Lipinski definition) is 1. The van der Waals surface area contributed by atoms with Gasteiger partial charge < -0.3 is 15.1 Å². The first-order valence-corrected chi connectivity index (χ1v) is 8.72. The Morgan fingerprint density at radius 2 is 1.92 bits per heavy atom. The van der Waals surface area contributed by atoms with E-state index in [9.17, 15) is 4.39 Å². The Morgan fingerprint density at radius 1 is 1.17 bits per heavy atom. The molecule has 2 N–H and O–H groups in total. The summed E-state index contributed by atoms with van der Waals surface area (Å²) in [6, 6.07) is 15.3. The maximum atomic E-state index is 13.8. The number of nitrogens with one attached hydrogen (secondary N) is 2. The highest BCUT2D eigenvalue weighted by Crippen LogP contribution is 2.11. The lowest BCUT2D eigenvalue weighted by Crippen LogP contribution is -3.13. The summed E-state index contributed by atoms with van der Waals surface area (Å²) < 4.78 is 13.8. The second-order valence-corrected chi connectivity index (χ2v) is 6.69. The first-order valence-electron chi connectivity index (χ1n) is 8.31. The largest absolute Gasteiger partial charge is 0.338 e.